The second-order valence-electron chi connectivity index (χ2n) is 6.97. The van der Waals surface area contributed by atoms with E-state index in [1.54, 1.807) is 21.3 Å². The van der Waals surface area contributed by atoms with Crippen LogP contribution in [0, 0.1) is 13.8 Å². The number of nitrogens with zero attached hydrogens (tertiary/aromatic N) is 2. The molecule has 0 amide bonds. The van der Waals surface area contributed by atoms with Gasteiger partial charge in [0.05, 0.1) is 32.7 Å². The van der Waals surface area contributed by atoms with Crippen molar-refractivity contribution >= 4 is 5.82 Å². The summed E-state index contributed by atoms with van der Waals surface area (Å²) in [5.74, 6) is 2.88. The molecule has 0 fully saturated rings. The lowest BCUT2D eigenvalue weighted by molar-refractivity contribution is 0.324. The summed E-state index contributed by atoms with van der Waals surface area (Å²) in [6.07, 6.45) is 0.923. The zero-order valence-electron chi connectivity index (χ0n) is 16.9. The summed E-state index contributed by atoms with van der Waals surface area (Å²) in [7, 11) is 4.86. The Morgan fingerprint density at radius 3 is 2.32 bits per heavy atom. The molecule has 0 saturated carbocycles. The minimum Gasteiger partial charge on any atom is -0.493 e. The summed E-state index contributed by atoms with van der Waals surface area (Å²) in [6, 6.07) is 10.3. The van der Waals surface area contributed by atoms with Crippen molar-refractivity contribution in [1.29, 1.82) is 0 Å². The molecule has 6 heteroatoms. The third-order valence-electron chi connectivity index (χ3n) is 5.18. The Kier molecular flexibility index (Phi) is 4.63. The first-order valence-electron chi connectivity index (χ1n) is 9.31. The summed E-state index contributed by atoms with van der Waals surface area (Å²) in [5.41, 5.74) is 6.55. The lowest BCUT2D eigenvalue weighted by atomic mass is 10.1. The van der Waals surface area contributed by atoms with E-state index < -0.39 is 0 Å². The standard InChI is InChI=1S/C22H25N3O3/c1-13-6-7-14(2)17(10-13)25-22-16(8-9-23-22)20(24-25)15-11-18(26-3)21(28-5)19(12-15)27-4/h6-7,10-12,23H,8-9H2,1-5H3. The number of anilines is 1. The molecule has 0 atom stereocenters. The first kappa shape index (κ1) is 18.2. The third-order valence-corrected chi connectivity index (χ3v) is 5.18. The van der Waals surface area contributed by atoms with Crippen LogP contribution in [-0.4, -0.2) is 37.7 Å². The van der Waals surface area contributed by atoms with Crippen molar-refractivity contribution < 1.29 is 14.2 Å². The van der Waals surface area contributed by atoms with E-state index in [9.17, 15) is 0 Å². The molecule has 0 saturated heterocycles. The summed E-state index contributed by atoms with van der Waals surface area (Å²) in [5, 5.41) is 8.48. The van der Waals surface area contributed by atoms with Gasteiger partial charge in [-0.3, -0.25) is 0 Å². The molecule has 1 N–H and O–H groups in total. The Bertz CT molecular complexity index is 1010. The fourth-order valence-corrected chi connectivity index (χ4v) is 3.75. The lowest BCUT2D eigenvalue weighted by Crippen LogP contribution is -2.06. The Labute approximate surface area is 165 Å². The predicted molar refractivity (Wildman–Crippen MR) is 110 cm³/mol. The molecule has 28 heavy (non-hydrogen) atoms. The third kappa shape index (κ3) is 2.85. The summed E-state index contributed by atoms with van der Waals surface area (Å²) in [4.78, 5) is 0. The van der Waals surface area contributed by atoms with Gasteiger partial charge in [-0.1, -0.05) is 12.1 Å². The van der Waals surface area contributed by atoms with E-state index in [2.05, 4.69) is 37.4 Å². The van der Waals surface area contributed by atoms with Crippen LogP contribution in [0.1, 0.15) is 16.7 Å². The number of aromatic nitrogens is 2. The lowest BCUT2D eigenvalue weighted by Gasteiger charge is -2.14. The molecule has 1 aromatic heterocycles. The molecular weight excluding hydrogens is 354 g/mol. The van der Waals surface area contributed by atoms with Gasteiger partial charge in [-0.05, 0) is 49.6 Å². The maximum absolute atomic E-state index is 5.53. The van der Waals surface area contributed by atoms with E-state index in [0.29, 0.717) is 17.2 Å². The van der Waals surface area contributed by atoms with E-state index >= 15 is 0 Å². The minimum atomic E-state index is 0.581. The normalized spacial score (nSPS) is 12.5. The maximum Gasteiger partial charge on any atom is 0.203 e. The fraction of sp³-hybridized carbons (Fsp3) is 0.318. The van der Waals surface area contributed by atoms with E-state index in [1.807, 2.05) is 16.8 Å². The van der Waals surface area contributed by atoms with Gasteiger partial charge in [0.1, 0.15) is 5.82 Å². The van der Waals surface area contributed by atoms with Crippen LogP contribution in [0.4, 0.5) is 5.82 Å². The number of fused-ring (bicyclic) bond motifs is 1. The molecule has 0 unspecified atom stereocenters. The quantitative estimate of drug-likeness (QED) is 0.722. The van der Waals surface area contributed by atoms with Crippen molar-refractivity contribution in [2.75, 3.05) is 33.2 Å². The van der Waals surface area contributed by atoms with Crippen molar-refractivity contribution in [3.8, 4) is 34.2 Å². The highest BCUT2D eigenvalue weighted by Gasteiger charge is 2.26. The van der Waals surface area contributed by atoms with Gasteiger partial charge in [0, 0.05) is 17.7 Å². The zero-order valence-corrected chi connectivity index (χ0v) is 16.9. The second kappa shape index (κ2) is 7.11. The van der Waals surface area contributed by atoms with Gasteiger partial charge in [-0.15, -0.1) is 0 Å². The van der Waals surface area contributed by atoms with Crippen LogP contribution in [0.25, 0.3) is 16.9 Å². The largest absolute Gasteiger partial charge is 0.493 e. The maximum atomic E-state index is 5.53. The van der Waals surface area contributed by atoms with Crippen LogP contribution in [0.2, 0.25) is 0 Å². The molecule has 0 spiro atoms. The molecule has 6 nitrogen and oxygen atoms in total. The van der Waals surface area contributed by atoms with E-state index in [4.69, 9.17) is 19.3 Å². The highest BCUT2D eigenvalue weighted by Crippen LogP contribution is 2.43. The van der Waals surface area contributed by atoms with E-state index in [-0.39, 0.29) is 0 Å². The number of nitrogens with one attached hydrogen (secondary N) is 1. The molecule has 146 valence electrons. The summed E-state index contributed by atoms with van der Waals surface area (Å²) in [6.45, 7) is 5.10. The number of benzene rings is 2. The topological polar surface area (TPSA) is 57.5 Å². The predicted octanol–water partition coefficient (Wildman–Crippen LogP) is 4.15. The van der Waals surface area contributed by atoms with Crippen LogP contribution < -0.4 is 19.5 Å². The Morgan fingerprint density at radius 1 is 0.964 bits per heavy atom. The zero-order chi connectivity index (χ0) is 19.8. The van der Waals surface area contributed by atoms with Gasteiger partial charge in [0.15, 0.2) is 11.5 Å². The molecule has 4 rings (SSSR count). The number of methoxy groups -OCH3 is 3. The first-order valence-corrected chi connectivity index (χ1v) is 9.31. The fourth-order valence-electron chi connectivity index (χ4n) is 3.75. The number of rotatable bonds is 5. The van der Waals surface area contributed by atoms with Crippen LogP contribution in [-0.2, 0) is 6.42 Å². The Hall–Kier alpha value is -3.15. The number of aryl methyl sites for hydroxylation is 2. The van der Waals surface area contributed by atoms with Gasteiger partial charge < -0.3 is 19.5 Å². The Balaban J connectivity index is 1.92. The SMILES string of the molecule is COc1cc(-c2nn(-c3cc(C)ccc3C)c3c2CCN3)cc(OC)c1OC. The van der Waals surface area contributed by atoms with Gasteiger partial charge in [-0.25, -0.2) is 4.68 Å². The van der Waals surface area contributed by atoms with Crippen LogP contribution >= 0.6 is 0 Å². The van der Waals surface area contributed by atoms with Crippen molar-refractivity contribution in [1.82, 2.24) is 9.78 Å². The highest BCUT2D eigenvalue weighted by atomic mass is 16.5. The van der Waals surface area contributed by atoms with Crippen LogP contribution in [0.5, 0.6) is 17.2 Å². The molecule has 0 aliphatic carbocycles. The van der Waals surface area contributed by atoms with Crippen molar-refractivity contribution in [3.63, 3.8) is 0 Å². The van der Waals surface area contributed by atoms with Crippen molar-refractivity contribution in [2.45, 2.75) is 20.3 Å². The summed E-state index contributed by atoms with van der Waals surface area (Å²) < 4.78 is 18.5. The average molecular weight is 379 g/mol. The molecular formula is C22H25N3O3. The number of hydrogen-bond donors (Lipinski definition) is 1. The van der Waals surface area contributed by atoms with Gasteiger partial charge in [0.2, 0.25) is 5.75 Å². The molecule has 0 bridgehead atoms. The number of ether oxygens (including phenoxy) is 3. The van der Waals surface area contributed by atoms with E-state index in [1.165, 1.54) is 16.7 Å². The first-order chi connectivity index (χ1) is 13.6. The van der Waals surface area contributed by atoms with E-state index in [0.717, 1.165) is 35.7 Å². The molecule has 1 aliphatic rings. The average Bonchev–Trinajstić information content (AvgIpc) is 3.31. The minimum absolute atomic E-state index is 0.581. The Morgan fingerprint density at radius 2 is 1.68 bits per heavy atom. The molecule has 3 aromatic rings. The monoisotopic (exact) mass is 379 g/mol. The molecule has 2 heterocycles. The van der Waals surface area contributed by atoms with Gasteiger partial charge in [0.25, 0.3) is 0 Å². The molecule has 1 aliphatic heterocycles. The molecule has 2 aromatic carbocycles. The smallest absolute Gasteiger partial charge is 0.203 e. The van der Waals surface area contributed by atoms with Gasteiger partial charge in [-0.2, -0.15) is 5.10 Å². The summed E-state index contributed by atoms with van der Waals surface area (Å²) >= 11 is 0. The second-order valence-corrected chi connectivity index (χ2v) is 6.97. The van der Waals surface area contributed by atoms with Crippen molar-refractivity contribution in [2.24, 2.45) is 0 Å². The van der Waals surface area contributed by atoms with Gasteiger partial charge >= 0.3 is 0 Å². The number of hydrogen-bond acceptors (Lipinski definition) is 5. The highest BCUT2D eigenvalue weighted by molar-refractivity contribution is 5.76. The van der Waals surface area contributed by atoms with Crippen molar-refractivity contribution in [3.05, 3.63) is 47.0 Å². The van der Waals surface area contributed by atoms with Crippen LogP contribution in [0.3, 0.4) is 0 Å². The molecule has 0 radical (unpaired) electrons. The van der Waals surface area contributed by atoms with Crippen LogP contribution in [0.15, 0.2) is 30.3 Å².